The number of nitrogens with zero attached hydrogens (tertiary/aromatic N) is 2. The quantitative estimate of drug-likeness (QED) is 0.812. The highest BCUT2D eigenvalue weighted by Crippen LogP contribution is 2.30. The number of aromatic nitrogens is 1. The molecule has 0 radical (unpaired) electrons. The molecule has 1 aromatic rings. The van der Waals surface area contributed by atoms with Gasteiger partial charge < -0.3 is 9.64 Å². The molecule has 0 N–H and O–H groups in total. The minimum Gasteiger partial charge on any atom is -0.381 e. The molecule has 1 amide bonds. The smallest absolute Gasteiger partial charge is 0.254 e. The Labute approximate surface area is 107 Å². The molecule has 1 aliphatic heterocycles. The van der Waals surface area contributed by atoms with Gasteiger partial charge >= 0.3 is 0 Å². The molecule has 96 valence electrons. The zero-order chi connectivity index (χ0) is 12.4. The number of pyridine rings is 1. The summed E-state index contributed by atoms with van der Waals surface area (Å²) >= 11 is 0. The van der Waals surface area contributed by atoms with Crippen LogP contribution in [0.3, 0.4) is 0 Å². The Bertz CT molecular complexity index is 411. The van der Waals surface area contributed by atoms with E-state index in [-0.39, 0.29) is 5.91 Å². The molecule has 1 atom stereocenters. The van der Waals surface area contributed by atoms with E-state index in [0.29, 0.717) is 12.0 Å². The van der Waals surface area contributed by atoms with E-state index in [0.717, 1.165) is 44.6 Å². The summed E-state index contributed by atoms with van der Waals surface area (Å²) in [6, 6.07) is 4.04. The summed E-state index contributed by atoms with van der Waals surface area (Å²) in [6.07, 6.45) is 6.72. The van der Waals surface area contributed by atoms with Gasteiger partial charge in [-0.1, -0.05) is 0 Å². The first-order valence-electron chi connectivity index (χ1n) is 6.63. The molecular weight excluding hydrogens is 228 g/mol. The fourth-order valence-electron chi connectivity index (χ4n) is 2.45. The van der Waals surface area contributed by atoms with Crippen LogP contribution in [-0.4, -0.2) is 41.6 Å². The number of carbonyl (C=O) groups is 1. The molecule has 1 aliphatic carbocycles. The second kappa shape index (κ2) is 5.06. The maximum Gasteiger partial charge on any atom is 0.254 e. The Morgan fingerprint density at radius 1 is 1.33 bits per heavy atom. The van der Waals surface area contributed by atoms with E-state index in [9.17, 15) is 4.79 Å². The average Bonchev–Trinajstić information content (AvgIpc) is 3.13. The third kappa shape index (κ3) is 2.53. The minimum absolute atomic E-state index is 0.145. The van der Waals surface area contributed by atoms with Crippen molar-refractivity contribution >= 4 is 5.91 Å². The van der Waals surface area contributed by atoms with Crippen LogP contribution >= 0.6 is 0 Å². The predicted octanol–water partition coefficient (Wildman–Crippen LogP) is 1.72. The molecule has 4 heteroatoms. The van der Waals surface area contributed by atoms with Crippen LogP contribution in [0.25, 0.3) is 0 Å². The van der Waals surface area contributed by atoms with Gasteiger partial charge in [-0.3, -0.25) is 9.78 Å². The molecule has 2 fully saturated rings. The summed E-state index contributed by atoms with van der Waals surface area (Å²) in [4.78, 5) is 18.5. The number of carbonyl (C=O) groups excluding carboxylic acids is 1. The molecule has 1 saturated carbocycles. The Balaban J connectivity index is 1.71. The Morgan fingerprint density at radius 2 is 2.11 bits per heavy atom. The van der Waals surface area contributed by atoms with Crippen molar-refractivity contribution in [1.29, 1.82) is 0 Å². The monoisotopic (exact) mass is 246 g/mol. The number of amides is 1. The van der Waals surface area contributed by atoms with Gasteiger partial charge in [-0.2, -0.15) is 0 Å². The zero-order valence-electron chi connectivity index (χ0n) is 10.4. The molecule has 18 heavy (non-hydrogen) atoms. The summed E-state index contributed by atoms with van der Waals surface area (Å²) < 4.78 is 5.40. The molecule has 1 saturated heterocycles. The normalized spacial score (nSPS) is 23.0. The molecule has 2 aliphatic rings. The lowest BCUT2D eigenvalue weighted by atomic mass is 10.1. The molecule has 3 rings (SSSR count). The highest BCUT2D eigenvalue weighted by Gasteiger charge is 2.35. The second-order valence-corrected chi connectivity index (χ2v) is 5.15. The van der Waals surface area contributed by atoms with Crippen LogP contribution in [0.1, 0.15) is 29.6 Å². The van der Waals surface area contributed by atoms with Crippen LogP contribution < -0.4 is 0 Å². The molecule has 1 aromatic heterocycles. The fraction of sp³-hybridized carbons (Fsp3) is 0.571. The van der Waals surface area contributed by atoms with E-state index in [1.807, 2.05) is 4.90 Å². The summed E-state index contributed by atoms with van der Waals surface area (Å²) in [5.74, 6) is 0.656. The van der Waals surface area contributed by atoms with Crippen molar-refractivity contribution in [1.82, 2.24) is 9.88 Å². The van der Waals surface area contributed by atoms with Gasteiger partial charge in [-0.05, 0) is 31.4 Å². The van der Waals surface area contributed by atoms with Crippen molar-refractivity contribution in [2.45, 2.75) is 25.3 Å². The minimum atomic E-state index is 0.145. The maximum absolute atomic E-state index is 12.5. The van der Waals surface area contributed by atoms with Crippen molar-refractivity contribution in [3.05, 3.63) is 30.1 Å². The largest absolute Gasteiger partial charge is 0.381 e. The summed E-state index contributed by atoms with van der Waals surface area (Å²) in [5.41, 5.74) is 0.746. The van der Waals surface area contributed by atoms with Crippen LogP contribution in [0.15, 0.2) is 24.5 Å². The first kappa shape index (κ1) is 11.7. The SMILES string of the molecule is O=C(c1ccncc1)N(C[C@H]1CCOC1)C1CC1. The highest BCUT2D eigenvalue weighted by molar-refractivity contribution is 5.94. The van der Waals surface area contributed by atoms with E-state index >= 15 is 0 Å². The highest BCUT2D eigenvalue weighted by atomic mass is 16.5. The van der Waals surface area contributed by atoms with Gasteiger partial charge in [-0.25, -0.2) is 0 Å². The number of rotatable bonds is 4. The van der Waals surface area contributed by atoms with Gasteiger partial charge in [0.2, 0.25) is 0 Å². The maximum atomic E-state index is 12.5. The second-order valence-electron chi connectivity index (χ2n) is 5.15. The number of ether oxygens (including phenoxy) is 1. The van der Waals surface area contributed by atoms with Crippen LogP contribution in [-0.2, 0) is 4.74 Å². The molecule has 0 bridgehead atoms. The van der Waals surface area contributed by atoms with E-state index in [1.54, 1.807) is 24.5 Å². The van der Waals surface area contributed by atoms with Gasteiger partial charge in [0.05, 0.1) is 6.61 Å². The van der Waals surface area contributed by atoms with Crippen LogP contribution in [0.5, 0.6) is 0 Å². The van der Waals surface area contributed by atoms with E-state index in [1.165, 1.54) is 0 Å². The van der Waals surface area contributed by atoms with E-state index in [2.05, 4.69) is 4.98 Å². The number of hydrogen-bond donors (Lipinski definition) is 0. The Kier molecular flexibility index (Phi) is 3.28. The van der Waals surface area contributed by atoms with Crippen molar-refractivity contribution < 1.29 is 9.53 Å². The van der Waals surface area contributed by atoms with Crippen molar-refractivity contribution in [2.24, 2.45) is 5.92 Å². The molecule has 0 unspecified atom stereocenters. The lowest BCUT2D eigenvalue weighted by Gasteiger charge is -2.25. The lowest BCUT2D eigenvalue weighted by Crippen LogP contribution is -2.37. The molecular formula is C14H18N2O2. The van der Waals surface area contributed by atoms with Gasteiger partial charge in [0.25, 0.3) is 5.91 Å². The van der Waals surface area contributed by atoms with Crippen molar-refractivity contribution in [2.75, 3.05) is 19.8 Å². The fourth-order valence-corrected chi connectivity index (χ4v) is 2.45. The van der Waals surface area contributed by atoms with Gasteiger partial charge in [0.1, 0.15) is 0 Å². The van der Waals surface area contributed by atoms with Crippen LogP contribution in [0.2, 0.25) is 0 Å². The van der Waals surface area contributed by atoms with Gasteiger partial charge in [0.15, 0.2) is 0 Å². The molecule has 0 spiro atoms. The van der Waals surface area contributed by atoms with Crippen molar-refractivity contribution in [3.8, 4) is 0 Å². The molecule has 2 heterocycles. The zero-order valence-corrected chi connectivity index (χ0v) is 10.4. The topological polar surface area (TPSA) is 42.4 Å². The summed E-state index contributed by atoms with van der Waals surface area (Å²) in [7, 11) is 0. The van der Waals surface area contributed by atoms with Gasteiger partial charge in [-0.15, -0.1) is 0 Å². The third-order valence-electron chi connectivity index (χ3n) is 3.65. The average molecular weight is 246 g/mol. The summed E-state index contributed by atoms with van der Waals surface area (Å²) in [5, 5.41) is 0. The lowest BCUT2D eigenvalue weighted by molar-refractivity contribution is 0.0706. The summed E-state index contributed by atoms with van der Waals surface area (Å²) in [6.45, 7) is 2.48. The van der Waals surface area contributed by atoms with E-state index < -0.39 is 0 Å². The molecule has 0 aromatic carbocycles. The van der Waals surface area contributed by atoms with Gasteiger partial charge in [0, 0.05) is 43.1 Å². The standard InChI is InChI=1S/C14H18N2O2/c17-14(12-3-6-15-7-4-12)16(13-1-2-13)9-11-5-8-18-10-11/h3-4,6-7,11,13H,1-2,5,8-10H2/t11-/m1/s1. The third-order valence-corrected chi connectivity index (χ3v) is 3.65. The van der Waals surface area contributed by atoms with Crippen LogP contribution in [0, 0.1) is 5.92 Å². The number of hydrogen-bond acceptors (Lipinski definition) is 3. The first-order chi connectivity index (χ1) is 8.84. The Hall–Kier alpha value is -1.42. The Morgan fingerprint density at radius 3 is 2.72 bits per heavy atom. The van der Waals surface area contributed by atoms with E-state index in [4.69, 9.17) is 4.74 Å². The van der Waals surface area contributed by atoms with Crippen LogP contribution in [0.4, 0.5) is 0 Å². The molecule has 4 nitrogen and oxygen atoms in total. The van der Waals surface area contributed by atoms with Crippen molar-refractivity contribution in [3.63, 3.8) is 0 Å². The first-order valence-corrected chi connectivity index (χ1v) is 6.63. The predicted molar refractivity (Wildman–Crippen MR) is 67.2 cm³/mol.